The monoisotopic (exact) mass is 283 g/mol. The maximum atomic E-state index is 12.0. The first-order valence-electron chi connectivity index (χ1n) is 7.99. The number of ether oxygens (including phenoxy) is 1. The third-order valence-electron chi connectivity index (χ3n) is 4.51. The Bertz CT molecular complexity index is 285. The minimum absolute atomic E-state index is 0.243. The molecule has 2 aliphatic heterocycles. The molecule has 5 heteroatoms. The van der Waals surface area contributed by atoms with Gasteiger partial charge in [0.1, 0.15) is 0 Å². The normalized spacial score (nSPS) is 24.9. The molecule has 0 aromatic heterocycles. The smallest absolute Gasteiger partial charge is 0.220 e. The molecule has 0 aliphatic carbocycles. The summed E-state index contributed by atoms with van der Waals surface area (Å²) in [5.74, 6) is 0.948. The predicted octanol–water partition coefficient (Wildman–Crippen LogP) is 0.603. The van der Waals surface area contributed by atoms with Gasteiger partial charge in [0, 0.05) is 39.2 Å². The first-order valence-corrected chi connectivity index (χ1v) is 7.99. The molecule has 1 atom stereocenters. The second-order valence-corrected chi connectivity index (χ2v) is 6.07. The molecule has 2 aliphatic rings. The molecule has 0 bridgehead atoms. The van der Waals surface area contributed by atoms with E-state index in [-0.39, 0.29) is 5.91 Å². The second-order valence-electron chi connectivity index (χ2n) is 6.07. The van der Waals surface area contributed by atoms with Crippen molar-refractivity contribution < 1.29 is 9.53 Å². The maximum absolute atomic E-state index is 12.0. The van der Waals surface area contributed by atoms with Crippen molar-refractivity contribution in [1.29, 1.82) is 0 Å². The van der Waals surface area contributed by atoms with Gasteiger partial charge in [-0.1, -0.05) is 0 Å². The lowest BCUT2D eigenvalue weighted by Gasteiger charge is -2.32. The van der Waals surface area contributed by atoms with E-state index in [2.05, 4.69) is 15.5 Å². The Balaban J connectivity index is 1.56. The summed E-state index contributed by atoms with van der Waals surface area (Å²) in [7, 11) is 1.74. The predicted molar refractivity (Wildman–Crippen MR) is 79.7 cm³/mol. The van der Waals surface area contributed by atoms with Crippen molar-refractivity contribution in [2.75, 3.05) is 46.4 Å². The van der Waals surface area contributed by atoms with Crippen molar-refractivity contribution >= 4 is 5.91 Å². The molecule has 20 heavy (non-hydrogen) atoms. The highest BCUT2D eigenvalue weighted by molar-refractivity contribution is 5.76. The average molecular weight is 283 g/mol. The third kappa shape index (κ3) is 5.38. The standard InChI is InChI=1S/C15H29N3O2/c1-20-11-10-18-8-5-14(6-9-18)17-15(19)3-2-13-4-7-16-12-13/h13-14,16H,2-12H2,1H3,(H,17,19). The van der Waals surface area contributed by atoms with E-state index in [1.807, 2.05) is 0 Å². The Labute approximate surface area is 122 Å². The molecule has 0 saturated carbocycles. The lowest BCUT2D eigenvalue weighted by atomic mass is 10.0. The molecular weight excluding hydrogens is 254 g/mol. The Morgan fingerprint density at radius 1 is 1.35 bits per heavy atom. The molecule has 0 spiro atoms. The summed E-state index contributed by atoms with van der Waals surface area (Å²) in [6.45, 7) is 6.15. The molecule has 2 heterocycles. The first-order chi connectivity index (χ1) is 9.78. The summed E-state index contributed by atoms with van der Waals surface area (Å²) < 4.78 is 5.10. The molecule has 2 rings (SSSR count). The Kier molecular flexibility index (Phi) is 6.76. The lowest BCUT2D eigenvalue weighted by Crippen LogP contribution is -2.45. The summed E-state index contributed by atoms with van der Waals surface area (Å²) in [6.07, 6.45) is 5.09. The summed E-state index contributed by atoms with van der Waals surface area (Å²) in [4.78, 5) is 14.4. The molecule has 116 valence electrons. The van der Waals surface area contributed by atoms with Gasteiger partial charge >= 0.3 is 0 Å². The van der Waals surface area contributed by atoms with E-state index in [1.165, 1.54) is 6.42 Å². The zero-order chi connectivity index (χ0) is 14.2. The van der Waals surface area contributed by atoms with Crippen LogP contribution in [0.5, 0.6) is 0 Å². The van der Waals surface area contributed by atoms with Crippen molar-refractivity contribution in [2.24, 2.45) is 5.92 Å². The topological polar surface area (TPSA) is 53.6 Å². The van der Waals surface area contributed by atoms with E-state index in [4.69, 9.17) is 4.74 Å². The van der Waals surface area contributed by atoms with Crippen LogP contribution in [0.2, 0.25) is 0 Å². The highest BCUT2D eigenvalue weighted by Gasteiger charge is 2.21. The number of likely N-dealkylation sites (tertiary alicyclic amines) is 1. The maximum Gasteiger partial charge on any atom is 0.220 e. The molecule has 2 N–H and O–H groups in total. The number of carbonyl (C=O) groups is 1. The molecular formula is C15H29N3O2. The fourth-order valence-electron chi connectivity index (χ4n) is 3.12. The van der Waals surface area contributed by atoms with Crippen LogP contribution >= 0.6 is 0 Å². The number of nitrogens with zero attached hydrogens (tertiary/aromatic N) is 1. The quantitative estimate of drug-likeness (QED) is 0.718. The minimum Gasteiger partial charge on any atom is -0.383 e. The van der Waals surface area contributed by atoms with Gasteiger partial charge in [0.25, 0.3) is 0 Å². The van der Waals surface area contributed by atoms with Crippen LogP contribution in [0.25, 0.3) is 0 Å². The second kappa shape index (κ2) is 8.60. The van der Waals surface area contributed by atoms with Gasteiger partial charge in [0.15, 0.2) is 0 Å². The van der Waals surface area contributed by atoms with E-state index in [0.717, 1.165) is 58.6 Å². The van der Waals surface area contributed by atoms with Crippen LogP contribution in [-0.2, 0) is 9.53 Å². The van der Waals surface area contributed by atoms with Crippen molar-refractivity contribution in [3.8, 4) is 0 Å². The Hall–Kier alpha value is -0.650. The molecule has 0 aromatic rings. The SMILES string of the molecule is COCCN1CCC(NC(=O)CCC2CCNC2)CC1. The fraction of sp³-hybridized carbons (Fsp3) is 0.933. The van der Waals surface area contributed by atoms with Crippen LogP contribution in [0, 0.1) is 5.92 Å². The molecule has 0 aromatic carbocycles. The number of hydrogen-bond acceptors (Lipinski definition) is 4. The van der Waals surface area contributed by atoms with Crippen molar-refractivity contribution in [2.45, 2.75) is 38.1 Å². The van der Waals surface area contributed by atoms with Crippen LogP contribution in [0.3, 0.4) is 0 Å². The van der Waals surface area contributed by atoms with E-state index in [9.17, 15) is 4.79 Å². The highest BCUT2D eigenvalue weighted by atomic mass is 16.5. The molecule has 2 fully saturated rings. The van der Waals surface area contributed by atoms with E-state index in [0.29, 0.717) is 18.4 Å². The molecule has 0 radical (unpaired) electrons. The van der Waals surface area contributed by atoms with Gasteiger partial charge in [0.2, 0.25) is 5.91 Å². The van der Waals surface area contributed by atoms with Gasteiger partial charge in [-0.05, 0) is 44.7 Å². The fourth-order valence-corrected chi connectivity index (χ4v) is 3.12. The largest absolute Gasteiger partial charge is 0.383 e. The first kappa shape index (κ1) is 15.7. The molecule has 5 nitrogen and oxygen atoms in total. The Morgan fingerprint density at radius 3 is 2.80 bits per heavy atom. The zero-order valence-corrected chi connectivity index (χ0v) is 12.7. The number of methoxy groups -OCH3 is 1. The lowest BCUT2D eigenvalue weighted by molar-refractivity contribution is -0.122. The van der Waals surface area contributed by atoms with Crippen LogP contribution in [-0.4, -0.2) is 63.3 Å². The summed E-state index contributed by atoms with van der Waals surface area (Å²) >= 11 is 0. The third-order valence-corrected chi connectivity index (χ3v) is 4.51. The number of amides is 1. The molecule has 1 amide bonds. The van der Waals surface area contributed by atoms with Gasteiger partial charge in [0.05, 0.1) is 6.61 Å². The number of rotatable bonds is 7. The van der Waals surface area contributed by atoms with Crippen LogP contribution < -0.4 is 10.6 Å². The van der Waals surface area contributed by atoms with E-state index < -0.39 is 0 Å². The summed E-state index contributed by atoms with van der Waals surface area (Å²) in [5, 5.41) is 6.55. The van der Waals surface area contributed by atoms with Gasteiger partial charge in [-0.2, -0.15) is 0 Å². The van der Waals surface area contributed by atoms with Gasteiger partial charge in [-0.25, -0.2) is 0 Å². The van der Waals surface area contributed by atoms with Crippen molar-refractivity contribution in [1.82, 2.24) is 15.5 Å². The average Bonchev–Trinajstić information content (AvgIpc) is 2.98. The number of hydrogen-bond donors (Lipinski definition) is 2. The van der Waals surface area contributed by atoms with Gasteiger partial charge < -0.3 is 20.3 Å². The summed E-state index contributed by atoms with van der Waals surface area (Å²) in [5.41, 5.74) is 0. The van der Waals surface area contributed by atoms with Crippen LogP contribution in [0.1, 0.15) is 32.1 Å². The van der Waals surface area contributed by atoms with Crippen molar-refractivity contribution in [3.05, 3.63) is 0 Å². The molecule has 2 saturated heterocycles. The number of carbonyl (C=O) groups excluding carboxylic acids is 1. The molecule has 1 unspecified atom stereocenters. The zero-order valence-electron chi connectivity index (χ0n) is 12.7. The van der Waals surface area contributed by atoms with Gasteiger partial charge in [-0.15, -0.1) is 0 Å². The van der Waals surface area contributed by atoms with Crippen LogP contribution in [0.15, 0.2) is 0 Å². The Morgan fingerprint density at radius 2 is 2.15 bits per heavy atom. The van der Waals surface area contributed by atoms with Crippen LogP contribution in [0.4, 0.5) is 0 Å². The summed E-state index contributed by atoms with van der Waals surface area (Å²) in [6, 6.07) is 0.378. The van der Waals surface area contributed by atoms with Crippen molar-refractivity contribution in [3.63, 3.8) is 0 Å². The highest BCUT2D eigenvalue weighted by Crippen LogP contribution is 2.15. The van der Waals surface area contributed by atoms with E-state index >= 15 is 0 Å². The minimum atomic E-state index is 0.243. The number of piperidine rings is 1. The van der Waals surface area contributed by atoms with Gasteiger partial charge in [-0.3, -0.25) is 4.79 Å². The number of nitrogens with one attached hydrogen (secondary N) is 2. The van der Waals surface area contributed by atoms with E-state index in [1.54, 1.807) is 7.11 Å².